The van der Waals surface area contributed by atoms with E-state index >= 15 is 0 Å². The van der Waals surface area contributed by atoms with Crippen molar-refractivity contribution in [1.82, 2.24) is 5.32 Å². The zero-order valence-corrected chi connectivity index (χ0v) is 8.24. The lowest BCUT2D eigenvalue weighted by molar-refractivity contribution is 0.564. The summed E-state index contributed by atoms with van der Waals surface area (Å²) in [4.78, 5) is 0. The van der Waals surface area contributed by atoms with Crippen LogP contribution in [0.1, 0.15) is 5.56 Å². The van der Waals surface area contributed by atoms with Gasteiger partial charge in [0.15, 0.2) is 0 Å². The standard InChI is InChI=1S/C10H10ClF2N/c1-7(11)5-14-6-8-2-3-9(12)4-10(8)13/h2-4,14H,1,5-6H2. The Morgan fingerprint density at radius 2 is 2.14 bits per heavy atom. The van der Waals surface area contributed by atoms with Crippen LogP contribution in [0.5, 0.6) is 0 Å². The maximum absolute atomic E-state index is 13.0. The molecule has 0 spiro atoms. The van der Waals surface area contributed by atoms with Gasteiger partial charge in [-0.1, -0.05) is 24.2 Å². The van der Waals surface area contributed by atoms with E-state index in [1.54, 1.807) is 0 Å². The molecule has 0 aliphatic carbocycles. The first kappa shape index (κ1) is 11.1. The van der Waals surface area contributed by atoms with Crippen molar-refractivity contribution >= 4 is 11.6 Å². The van der Waals surface area contributed by atoms with Crippen LogP contribution in [0.4, 0.5) is 8.78 Å². The normalized spacial score (nSPS) is 10.2. The fourth-order valence-electron chi connectivity index (χ4n) is 0.998. The zero-order valence-electron chi connectivity index (χ0n) is 7.49. The number of nitrogens with one attached hydrogen (secondary N) is 1. The molecule has 0 aliphatic heterocycles. The third-order valence-corrected chi connectivity index (χ3v) is 1.78. The van der Waals surface area contributed by atoms with Gasteiger partial charge < -0.3 is 5.32 Å². The van der Waals surface area contributed by atoms with E-state index in [1.165, 1.54) is 12.1 Å². The summed E-state index contributed by atoms with van der Waals surface area (Å²) in [5, 5.41) is 3.32. The fraction of sp³-hybridized carbons (Fsp3) is 0.200. The summed E-state index contributed by atoms with van der Waals surface area (Å²) in [6.45, 7) is 4.18. The minimum Gasteiger partial charge on any atom is -0.308 e. The van der Waals surface area contributed by atoms with E-state index in [0.29, 0.717) is 23.7 Å². The lowest BCUT2D eigenvalue weighted by atomic mass is 10.2. The highest BCUT2D eigenvalue weighted by Crippen LogP contribution is 2.09. The van der Waals surface area contributed by atoms with Crippen LogP contribution in [0.15, 0.2) is 29.8 Å². The van der Waals surface area contributed by atoms with Crippen LogP contribution in [0.3, 0.4) is 0 Å². The molecular formula is C10H10ClF2N. The Morgan fingerprint density at radius 3 is 2.71 bits per heavy atom. The van der Waals surface area contributed by atoms with Gasteiger partial charge in [-0.25, -0.2) is 8.78 Å². The van der Waals surface area contributed by atoms with Gasteiger partial charge in [0.25, 0.3) is 0 Å². The maximum Gasteiger partial charge on any atom is 0.130 e. The topological polar surface area (TPSA) is 12.0 Å². The van der Waals surface area contributed by atoms with Gasteiger partial charge in [-0.15, -0.1) is 0 Å². The van der Waals surface area contributed by atoms with Gasteiger partial charge in [0.05, 0.1) is 0 Å². The Hall–Kier alpha value is -0.930. The summed E-state index contributed by atoms with van der Waals surface area (Å²) >= 11 is 5.50. The van der Waals surface area contributed by atoms with E-state index in [9.17, 15) is 8.78 Å². The molecule has 14 heavy (non-hydrogen) atoms. The smallest absolute Gasteiger partial charge is 0.130 e. The summed E-state index contributed by atoms with van der Waals surface area (Å²) < 4.78 is 25.5. The van der Waals surface area contributed by atoms with Crippen molar-refractivity contribution in [1.29, 1.82) is 0 Å². The first-order chi connectivity index (χ1) is 6.59. The molecule has 0 atom stereocenters. The molecule has 0 saturated heterocycles. The van der Waals surface area contributed by atoms with Crippen molar-refractivity contribution in [3.8, 4) is 0 Å². The number of benzene rings is 1. The molecule has 0 aromatic heterocycles. The number of rotatable bonds is 4. The maximum atomic E-state index is 13.0. The van der Waals surface area contributed by atoms with Crippen molar-refractivity contribution in [3.63, 3.8) is 0 Å². The zero-order chi connectivity index (χ0) is 10.6. The van der Waals surface area contributed by atoms with Crippen molar-refractivity contribution in [2.24, 2.45) is 0 Å². The molecule has 1 aromatic rings. The Balaban J connectivity index is 2.55. The molecule has 0 radical (unpaired) electrons. The second kappa shape index (κ2) is 5.08. The lowest BCUT2D eigenvalue weighted by Crippen LogP contribution is -2.15. The summed E-state index contributed by atoms with van der Waals surface area (Å²) in [6, 6.07) is 3.47. The van der Waals surface area contributed by atoms with Crippen LogP contribution < -0.4 is 5.32 Å². The van der Waals surface area contributed by atoms with Crippen LogP contribution in [-0.4, -0.2) is 6.54 Å². The Morgan fingerprint density at radius 1 is 1.43 bits per heavy atom. The molecule has 0 unspecified atom stereocenters. The van der Waals surface area contributed by atoms with E-state index in [0.717, 1.165) is 6.07 Å². The van der Waals surface area contributed by atoms with Gasteiger partial charge in [0.2, 0.25) is 0 Å². The number of halogens is 3. The van der Waals surface area contributed by atoms with Crippen LogP contribution in [-0.2, 0) is 6.54 Å². The molecular weight excluding hydrogens is 208 g/mol. The third kappa shape index (κ3) is 3.44. The van der Waals surface area contributed by atoms with E-state index in [2.05, 4.69) is 11.9 Å². The second-order valence-electron chi connectivity index (χ2n) is 2.86. The molecule has 1 N–H and O–H groups in total. The van der Waals surface area contributed by atoms with Gasteiger partial charge in [-0.3, -0.25) is 0 Å². The van der Waals surface area contributed by atoms with Gasteiger partial charge in [-0.05, 0) is 6.07 Å². The van der Waals surface area contributed by atoms with Gasteiger partial charge >= 0.3 is 0 Å². The fourth-order valence-corrected chi connectivity index (χ4v) is 1.09. The summed E-state index contributed by atoms with van der Waals surface area (Å²) in [5.74, 6) is -1.13. The molecule has 0 bridgehead atoms. The van der Waals surface area contributed by atoms with Crippen molar-refractivity contribution in [2.75, 3.05) is 6.54 Å². The number of hydrogen-bond acceptors (Lipinski definition) is 1. The number of hydrogen-bond donors (Lipinski definition) is 1. The van der Waals surface area contributed by atoms with Crippen molar-refractivity contribution in [2.45, 2.75) is 6.54 Å². The Bertz CT molecular complexity index is 339. The van der Waals surface area contributed by atoms with Crippen molar-refractivity contribution < 1.29 is 8.78 Å². The van der Waals surface area contributed by atoms with Crippen LogP contribution in [0, 0.1) is 11.6 Å². The van der Waals surface area contributed by atoms with Gasteiger partial charge in [-0.2, -0.15) is 0 Å². The molecule has 0 heterocycles. The molecule has 0 fully saturated rings. The first-order valence-electron chi connectivity index (χ1n) is 4.07. The van der Waals surface area contributed by atoms with E-state index in [1.807, 2.05) is 0 Å². The molecule has 76 valence electrons. The predicted molar refractivity (Wildman–Crippen MR) is 53.1 cm³/mol. The lowest BCUT2D eigenvalue weighted by Gasteiger charge is -2.04. The highest BCUT2D eigenvalue weighted by Gasteiger charge is 2.02. The molecule has 0 amide bonds. The van der Waals surface area contributed by atoms with E-state index < -0.39 is 11.6 Å². The highest BCUT2D eigenvalue weighted by molar-refractivity contribution is 6.29. The molecule has 1 rings (SSSR count). The summed E-state index contributed by atoms with van der Waals surface area (Å²) in [5.41, 5.74) is 0.407. The van der Waals surface area contributed by atoms with Gasteiger partial charge in [0.1, 0.15) is 11.6 Å². The Kier molecular flexibility index (Phi) is 4.04. The largest absolute Gasteiger partial charge is 0.308 e. The molecule has 1 nitrogen and oxygen atoms in total. The minimum atomic E-state index is -0.576. The van der Waals surface area contributed by atoms with Crippen LogP contribution in [0.25, 0.3) is 0 Å². The molecule has 1 aromatic carbocycles. The summed E-state index contributed by atoms with van der Waals surface area (Å²) in [6.07, 6.45) is 0. The molecule has 0 aliphatic rings. The first-order valence-corrected chi connectivity index (χ1v) is 4.45. The SMILES string of the molecule is C=C(Cl)CNCc1ccc(F)cc1F. The monoisotopic (exact) mass is 217 g/mol. The quantitative estimate of drug-likeness (QED) is 0.818. The Labute approximate surface area is 86.4 Å². The summed E-state index contributed by atoms with van der Waals surface area (Å²) in [7, 11) is 0. The van der Waals surface area contributed by atoms with Crippen molar-refractivity contribution in [3.05, 3.63) is 47.0 Å². The van der Waals surface area contributed by atoms with Gasteiger partial charge in [0, 0.05) is 29.8 Å². The average molecular weight is 218 g/mol. The average Bonchev–Trinajstić information content (AvgIpc) is 2.08. The highest BCUT2D eigenvalue weighted by atomic mass is 35.5. The van der Waals surface area contributed by atoms with E-state index in [4.69, 9.17) is 11.6 Å². The molecule has 4 heteroatoms. The van der Waals surface area contributed by atoms with Crippen LogP contribution >= 0.6 is 11.6 Å². The molecule has 0 saturated carbocycles. The second-order valence-corrected chi connectivity index (χ2v) is 3.39. The van der Waals surface area contributed by atoms with E-state index in [-0.39, 0.29) is 0 Å². The predicted octanol–water partition coefficient (Wildman–Crippen LogP) is 2.81. The van der Waals surface area contributed by atoms with Crippen LogP contribution in [0.2, 0.25) is 0 Å². The minimum absolute atomic E-state index is 0.303. The third-order valence-electron chi connectivity index (χ3n) is 1.65.